The Morgan fingerprint density at radius 2 is 1.25 bits per heavy atom. The van der Waals surface area contributed by atoms with Crippen molar-refractivity contribution in [3.8, 4) is 0 Å². The molecule has 0 radical (unpaired) electrons. The normalized spacial score (nSPS) is 21.2. The SMILES string of the molecule is CO[Si](OC)(OC)C1NCCCCCCN1. The van der Waals surface area contributed by atoms with Crippen molar-refractivity contribution in [3.05, 3.63) is 0 Å². The van der Waals surface area contributed by atoms with Crippen LogP contribution in [0.25, 0.3) is 0 Å². The molecule has 0 aromatic rings. The molecule has 5 nitrogen and oxygen atoms in total. The molecule has 0 atom stereocenters. The van der Waals surface area contributed by atoms with Gasteiger partial charge in [-0.15, -0.1) is 0 Å². The molecule has 1 aliphatic heterocycles. The number of hydrogen-bond acceptors (Lipinski definition) is 5. The maximum Gasteiger partial charge on any atom is 0.533 e. The zero-order valence-corrected chi connectivity index (χ0v) is 11.5. The quantitative estimate of drug-likeness (QED) is 0.709. The third-order valence-electron chi connectivity index (χ3n) is 3.01. The van der Waals surface area contributed by atoms with Crippen LogP contribution in [0.4, 0.5) is 0 Å². The number of nitrogens with one attached hydrogen (secondary N) is 2. The van der Waals surface area contributed by atoms with Gasteiger partial charge in [0.25, 0.3) is 0 Å². The molecule has 0 amide bonds. The van der Waals surface area contributed by atoms with Crippen LogP contribution in [0.2, 0.25) is 0 Å². The maximum atomic E-state index is 5.48. The van der Waals surface area contributed by atoms with Crippen LogP contribution >= 0.6 is 0 Å². The van der Waals surface area contributed by atoms with Crippen molar-refractivity contribution >= 4 is 8.80 Å². The third kappa shape index (κ3) is 3.51. The Morgan fingerprint density at radius 3 is 1.62 bits per heavy atom. The highest BCUT2D eigenvalue weighted by molar-refractivity contribution is 6.62. The van der Waals surface area contributed by atoms with Gasteiger partial charge in [0.05, 0.1) is 0 Å². The van der Waals surface area contributed by atoms with E-state index in [0.717, 1.165) is 13.1 Å². The predicted octanol–water partition coefficient (Wildman–Crippen LogP) is 0.483. The lowest BCUT2D eigenvalue weighted by molar-refractivity contribution is 0.101. The molecule has 0 aromatic heterocycles. The predicted molar refractivity (Wildman–Crippen MR) is 65.0 cm³/mol. The van der Waals surface area contributed by atoms with Crippen molar-refractivity contribution in [2.45, 2.75) is 31.5 Å². The summed E-state index contributed by atoms with van der Waals surface area (Å²) in [4.78, 5) is 0. The zero-order chi connectivity index (χ0) is 11.9. The molecule has 0 aromatic carbocycles. The van der Waals surface area contributed by atoms with Crippen LogP contribution in [0.5, 0.6) is 0 Å². The van der Waals surface area contributed by atoms with Gasteiger partial charge in [-0.1, -0.05) is 12.8 Å². The minimum absolute atomic E-state index is 0.00870. The van der Waals surface area contributed by atoms with Gasteiger partial charge in [-0.05, 0) is 25.9 Å². The Bertz CT molecular complexity index is 173. The maximum absolute atomic E-state index is 5.48. The monoisotopic (exact) mass is 248 g/mol. The smallest absolute Gasteiger partial charge is 0.375 e. The molecular weight excluding hydrogens is 224 g/mol. The number of hydrogen-bond donors (Lipinski definition) is 2. The lowest BCUT2D eigenvalue weighted by atomic mass is 10.2. The Morgan fingerprint density at radius 1 is 0.812 bits per heavy atom. The van der Waals surface area contributed by atoms with Crippen LogP contribution in [-0.2, 0) is 13.3 Å². The van der Waals surface area contributed by atoms with Crippen LogP contribution in [0.1, 0.15) is 25.7 Å². The molecule has 1 saturated heterocycles. The van der Waals surface area contributed by atoms with Gasteiger partial charge in [-0.2, -0.15) is 0 Å². The van der Waals surface area contributed by atoms with Crippen molar-refractivity contribution in [1.29, 1.82) is 0 Å². The topological polar surface area (TPSA) is 51.8 Å². The summed E-state index contributed by atoms with van der Waals surface area (Å²) in [6.07, 6.45) is 4.95. The first-order valence-electron chi connectivity index (χ1n) is 5.91. The second-order valence-corrected chi connectivity index (χ2v) is 6.98. The van der Waals surface area contributed by atoms with Gasteiger partial charge in [0.2, 0.25) is 0 Å². The zero-order valence-electron chi connectivity index (χ0n) is 10.5. The average molecular weight is 248 g/mol. The van der Waals surface area contributed by atoms with Crippen molar-refractivity contribution < 1.29 is 13.3 Å². The molecule has 0 bridgehead atoms. The summed E-state index contributed by atoms with van der Waals surface area (Å²) < 4.78 is 16.4. The van der Waals surface area contributed by atoms with Crippen molar-refractivity contribution in [2.24, 2.45) is 0 Å². The average Bonchev–Trinajstić information content (AvgIpc) is 2.46. The van der Waals surface area contributed by atoms with E-state index in [9.17, 15) is 0 Å². The fraction of sp³-hybridized carbons (Fsp3) is 1.00. The van der Waals surface area contributed by atoms with E-state index >= 15 is 0 Å². The Hall–Kier alpha value is 0.0169. The van der Waals surface area contributed by atoms with E-state index in [-0.39, 0.29) is 5.79 Å². The van der Waals surface area contributed by atoms with Gasteiger partial charge in [-0.25, -0.2) is 0 Å². The van der Waals surface area contributed by atoms with Crippen molar-refractivity contribution in [2.75, 3.05) is 34.4 Å². The Balaban J connectivity index is 2.63. The summed E-state index contributed by atoms with van der Waals surface area (Å²) >= 11 is 0. The van der Waals surface area contributed by atoms with E-state index in [1.165, 1.54) is 25.7 Å². The molecule has 16 heavy (non-hydrogen) atoms. The standard InChI is InChI=1S/C10H24N2O3Si/c1-13-16(14-2,15-3)10-11-8-6-4-5-7-9-12-10/h10-12H,4-9H2,1-3H3. The van der Waals surface area contributed by atoms with Crippen molar-refractivity contribution in [1.82, 2.24) is 10.6 Å². The van der Waals surface area contributed by atoms with Crippen molar-refractivity contribution in [3.63, 3.8) is 0 Å². The van der Waals surface area contributed by atoms with Gasteiger partial charge >= 0.3 is 8.80 Å². The van der Waals surface area contributed by atoms with Crippen LogP contribution < -0.4 is 10.6 Å². The summed E-state index contributed by atoms with van der Waals surface area (Å²) in [7, 11) is 2.33. The summed E-state index contributed by atoms with van der Waals surface area (Å²) in [5.74, 6) is -0.00870. The molecular formula is C10H24N2O3Si. The molecule has 1 aliphatic rings. The van der Waals surface area contributed by atoms with Gasteiger partial charge in [-0.3, -0.25) is 10.6 Å². The largest absolute Gasteiger partial charge is 0.533 e. The van der Waals surface area contributed by atoms with E-state index in [1.54, 1.807) is 21.3 Å². The second-order valence-electron chi connectivity index (χ2n) is 3.97. The number of rotatable bonds is 4. The lowest BCUT2D eigenvalue weighted by Gasteiger charge is -2.33. The third-order valence-corrected chi connectivity index (χ3v) is 5.83. The van der Waals surface area contributed by atoms with Gasteiger partial charge in [0.1, 0.15) is 5.79 Å². The molecule has 96 valence electrons. The van der Waals surface area contributed by atoms with E-state index < -0.39 is 8.80 Å². The van der Waals surface area contributed by atoms with Gasteiger partial charge in [0.15, 0.2) is 0 Å². The second kappa shape index (κ2) is 7.36. The highest BCUT2D eigenvalue weighted by atomic mass is 28.4. The summed E-state index contributed by atoms with van der Waals surface area (Å²) in [6, 6.07) is 0. The van der Waals surface area contributed by atoms with E-state index in [0.29, 0.717) is 0 Å². The van der Waals surface area contributed by atoms with Crippen LogP contribution in [0, 0.1) is 0 Å². The highest BCUT2D eigenvalue weighted by Gasteiger charge is 2.47. The molecule has 2 N–H and O–H groups in total. The Labute approximate surface area is 99.2 Å². The summed E-state index contributed by atoms with van der Waals surface area (Å²) in [5, 5.41) is 6.86. The van der Waals surface area contributed by atoms with Gasteiger partial charge < -0.3 is 13.3 Å². The summed E-state index contributed by atoms with van der Waals surface area (Å²) in [6.45, 7) is 1.95. The molecule has 1 rings (SSSR count). The van der Waals surface area contributed by atoms with Crippen LogP contribution in [0.15, 0.2) is 0 Å². The first-order chi connectivity index (χ1) is 7.79. The fourth-order valence-electron chi connectivity index (χ4n) is 2.02. The van der Waals surface area contributed by atoms with E-state index in [4.69, 9.17) is 13.3 Å². The van der Waals surface area contributed by atoms with Crippen LogP contribution in [-0.4, -0.2) is 49.0 Å². The molecule has 0 unspecified atom stereocenters. The lowest BCUT2D eigenvalue weighted by Crippen LogP contribution is -2.66. The minimum Gasteiger partial charge on any atom is -0.375 e. The van der Waals surface area contributed by atoms with E-state index in [2.05, 4.69) is 10.6 Å². The molecule has 0 spiro atoms. The summed E-state index contributed by atoms with van der Waals surface area (Å²) in [5.41, 5.74) is 0. The first-order valence-corrected chi connectivity index (χ1v) is 7.71. The first kappa shape index (κ1) is 14.1. The molecule has 1 fully saturated rings. The van der Waals surface area contributed by atoms with Crippen LogP contribution in [0.3, 0.4) is 0 Å². The molecule has 0 saturated carbocycles. The molecule has 6 heteroatoms. The molecule has 0 aliphatic carbocycles. The Kier molecular flexibility index (Phi) is 6.48. The fourth-order valence-corrected chi connectivity index (χ4v) is 4.02. The van der Waals surface area contributed by atoms with Gasteiger partial charge in [0, 0.05) is 21.3 Å². The van der Waals surface area contributed by atoms with E-state index in [1.807, 2.05) is 0 Å². The minimum atomic E-state index is -2.62. The highest BCUT2D eigenvalue weighted by Crippen LogP contribution is 2.12. The molecule has 1 heterocycles.